The second kappa shape index (κ2) is 5.32. The standard InChI is InChI=1S/C12H18N2/c1-3-7-12(13)10(2)14-11-8-5-4-6-9-11/h4-6,8-9,14H,3,7,13H2,1-2H3/b12-10-. The first-order chi connectivity index (χ1) is 6.74. The van der Waals surface area contributed by atoms with Crippen LogP contribution in [-0.4, -0.2) is 0 Å². The maximum absolute atomic E-state index is 5.89. The molecular formula is C12H18N2. The average molecular weight is 190 g/mol. The molecule has 0 heterocycles. The van der Waals surface area contributed by atoms with Crippen molar-refractivity contribution < 1.29 is 0 Å². The first kappa shape index (κ1) is 10.6. The topological polar surface area (TPSA) is 38.0 Å². The van der Waals surface area contributed by atoms with Crippen LogP contribution in [0.2, 0.25) is 0 Å². The molecule has 0 amide bonds. The molecule has 1 aromatic rings. The number of rotatable bonds is 4. The zero-order valence-electron chi connectivity index (χ0n) is 8.88. The zero-order chi connectivity index (χ0) is 10.4. The number of nitrogens with one attached hydrogen (secondary N) is 1. The smallest absolute Gasteiger partial charge is 0.0382 e. The molecule has 2 heteroatoms. The van der Waals surface area contributed by atoms with E-state index in [1.54, 1.807) is 0 Å². The Hall–Kier alpha value is -1.44. The highest BCUT2D eigenvalue weighted by Gasteiger charge is 1.96. The van der Waals surface area contributed by atoms with Gasteiger partial charge in [0.15, 0.2) is 0 Å². The van der Waals surface area contributed by atoms with E-state index in [4.69, 9.17) is 5.73 Å². The molecule has 0 unspecified atom stereocenters. The lowest BCUT2D eigenvalue weighted by Gasteiger charge is -2.09. The molecule has 0 aliphatic carbocycles. The van der Waals surface area contributed by atoms with E-state index < -0.39 is 0 Å². The minimum atomic E-state index is 0.941. The third-order valence-corrected chi connectivity index (χ3v) is 2.11. The highest BCUT2D eigenvalue weighted by atomic mass is 14.9. The summed E-state index contributed by atoms with van der Waals surface area (Å²) in [6.45, 7) is 4.14. The van der Waals surface area contributed by atoms with Crippen LogP contribution in [-0.2, 0) is 0 Å². The Balaban J connectivity index is 2.65. The molecule has 76 valence electrons. The molecule has 0 aromatic heterocycles. The predicted octanol–water partition coefficient (Wildman–Crippen LogP) is 3.09. The third-order valence-electron chi connectivity index (χ3n) is 2.11. The first-order valence-corrected chi connectivity index (χ1v) is 5.01. The van der Waals surface area contributed by atoms with Crippen LogP contribution < -0.4 is 11.1 Å². The number of hydrogen-bond acceptors (Lipinski definition) is 2. The minimum absolute atomic E-state index is 0.941. The summed E-state index contributed by atoms with van der Waals surface area (Å²) in [7, 11) is 0. The Labute approximate surface area is 85.8 Å². The Kier molecular flexibility index (Phi) is 4.05. The average Bonchev–Trinajstić information content (AvgIpc) is 2.19. The molecule has 1 rings (SSSR count). The number of nitrogens with two attached hydrogens (primary N) is 1. The number of hydrogen-bond donors (Lipinski definition) is 2. The maximum atomic E-state index is 5.89. The van der Waals surface area contributed by atoms with Gasteiger partial charge in [-0.05, 0) is 25.5 Å². The van der Waals surface area contributed by atoms with Gasteiger partial charge < -0.3 is 11.1 Å². The third kappa shape index (κ3) is 3.13. The number of para-hydroxylation sites is 1. The second-order valence-corrected chi connectivity index (χ2v) is 3.39. The number of allylic oxidation sites excluding steroid dienone is 2. The van der Waals surface area contributed by atoms with Gasteiger partial charge in [-0.1, -0.05) is 31.5 Å². The molecular weight excluding hydrogens is 172 g/mol. The lowest BCUT2D eigenvalue weighted by Crippen LogP contribution is -2.07. The van der Waals surface area contributed by atoms with Gasteiger partial charge in [-0.3, -0.25) is 0 Å². The SMILES string of the molecule is CCC/C(N)=C(\C)Nc1ccccc1. The van der Waals surface area contributed by atoms with Gasteiger partial charge >= 0.3 is 0 Å². The Morgan fingerprint density at radius 1 is 1.29 bits per heavy atom. The molecule has 0 bridgehead atoms. The van der Waals surface area contributed by atoms with Gasteiger partial charge in [0.05, 0.1) is 0 Å². The van der Waals surface area contributed by atoms with E-state index in [9.17, 15) is 0 Å². The van der Waals surface area contributed by atoms with Crippen LogP contribution in [0.15, 0.2) is 41.7 Å². The lowest BCUT2D eigenvalue weighted by molar-refractivity contribution is 0.878. The number of benzene rings is 1. The van der Waals surface area contributed by atoms with E-state index in [0.29, 0.717) is 0 Å². The normalized spacial score (nSPS) is 12.1. The van der Waals surface area contributed by atoms with Crippen molar-refractivity contribution in [3.8, 4) is 0 Å². The summed E-state index contributed by atoms with van der Waals surface area (Å²) in [5, 5.41) is 3.28. The fraction of sp³-hybridized carbons (Fsp3) is 0.333. The summed E-state index contributed by atoms with van der Waals surface area (Å²) in [6, 6.07) is 10.1. The van der Waals surface area contributed by atoms with Gasteiger partial charge in [-0.25, -0.2) is 0 Å². The van der Waals surface area contributed by atoms with E-state index in [1.807, 2.05) is 37.3 Å². The first-order valence-electron chi connectivity index (χ1n) is 5.01. The van der Waals surface area contributed by atoms with Crippen molar-refractivity contribution in [1.82, 2.24) is 0 Å². The van der Waals surface area contributed by atoms with Gasteiger partial charge in [0.1, 0.15) is 0 Å². The molecule has 0 saturated carbocycles. The Bertz CT molecular complexity index is 301. The molecule has 0 fully saturated rings. The van der Waals surface area contributed by atoms with E-state index >= 15 is 0 Å². The summed E-state index contributed by atoms with van der Waals surface area (Å²) in [5.74, 6) is 0. The van der Waals surface area contributed by atoms with Crippen LogP contribution in [0, 0.1) is 0 Å². The molecule has 0 aliphatic rings. The predicted molar refractivity (Wildman–Crippen MR) is 61.9 cm³/mol. The molecule has 0 saturated heterocycles. The summed E-state index contributed by atoms with van der Waals surface area (Å²) >= 11 is 0. The van der Waals surface area contributed by atoms with Crippen molar-refractivity contribution in [3.63, 3.8) is 0 Å². The lowest BCUT2D eigenvalue weighted by atomic mass is 10.2. The van der Waals surface area contributed by atoms with Gasteiger partial charge in [0.2, 0.25) is 0 Å². The largest absolute Gasteiger partial charge is 0.401 e. The monoisotopic (exact) mass is 190 g/mol. The summed E-state index contributed by atoms with van der Waals surface area (Å²) < 4.78 is 0. The van der Waals surface area contributed by atoms with Crippen molar-refractivity contribution in [2.45, 2.75) is 26.7 Å². The van der Waals surface area contributed by atoms with Crippen LogP contribution in [0.1, 0.15) is 26.7 Å². The van der Waals surface area contributed by atoms with Crippen molar-refractivity contribution in [3.05, 3.63) is 41.7 Å². The highest BCUT2D eigenvalue weighted by molar-refractivity contribution is 5.48. The molecule has 0 spiro atoms. The second-order valence-electron chi connectivity index (χ2n) is 3.39. The zero-order valence-corrected chi connectivity index (χ0v) is 8.88. The molecule has 0 atom stereocenters. The van der Waals surface area contributed by atoms with Crippen LogP contribution in [0.25, 0.3) is 0 Å². The molecule has 14 heavy (non-hydrogen) atoms. The van der Waals surface area contributed by atoms with Crippen molar-refractivity contribution in [1.29, 1.82) is 0 Å². The molecule has 2 nitrogen and oxygen atoms in total. The van der Waals surface area contributed by atoms with Gasteiger partial charge in [-0.15, -0.1) is 0 Å². The summed E-state index contributed by atoms with van der Waals surface area (Å²) in [6.07, 6.45) is 2.03. The number of anilines is 1. The maximum Gasteiger partial charge on any atom is 0.0382 e. The fourth-order valence-corrected chi connectivity index (χ4v) is 1.28. The van der Waals surface area contributed by atoms with Crippen molar-refractivity contribution >= 4 is 5.69 Å². The van der Waals surface area contributed by atoms with Crippen LogP contribution in [0.5, 0.6) is 0 Å². The summed E-state index contributed by atoms with van der Waals surface area (Å²) in [5.41, 5.74) is 8.97. The van der Waals surface area contributed by atoms with Crippen molar-refractivity contribution in [2.24, 2.45) is 5.73 Å². The van der Waals surface area contributed by atoms with Crippen LogP contribution >= 0.6 is 0 Å². The van der Waals surface area contributed by atoms with E-state index in [0.717, 1.165) is 29.9 Å². The van der Waals surface area contributed by atoms with E-state index in [-0.39, 0.29) is 0 Å². The van der Waals surface area contributed by atoms with Crippen LogP contribution in [0.4, 0.5) is 5.69 Å². The van der Waals surface area contributed by atoms with Gasteiger partial charge in [0.25, 0.3) is 0 Å². The molecule has 0 aliphatic heterocycles. The highest BCUT2D eigenvalue weighted by Crippen LogP contribution is 2.11. The van der Waals surface area contributed by atoms with Crippen molar-refractivity contribution in [2.75, 3.05) is 5.32 Å². The molecule has 1 aromatic carbocycles. The minimum Gasteiger partial charge on any atom is -0.401 e. The quantitative estimate of drug-likeness (QED) is 0.765. The summed E-state index contributed by atoms with van der Waals surface area (Å²) in [4.78, 5) is 0. The van der Waals surface area contributed by atoms with Gasteiger partial charge in [-0.2, -0.15) is 0 Å². The molecule has 0 radical (unpaired) electrons. The molecule has 3 N–H and O–H groups in total. The Morgan fingerprint density at radius 3 is 2.50 bits per heavy atom. The van der Waals surface area contributed by atoms with Crippen LogP contribution in [0.3, 0.4) is 0 Å². The van der Waals surface area contributed by atoms with E-state index in [1.165, 1.54) is 0 Å². The fourth-order valence-electron chi connectivity index (χ4n) is 1.28. The van der Waals surface area contributed by atoms with Gasteiger partial charge in [0, 0.05) is 17.1 Å². The Morgan fingerprint density at radius 2 is 1.93 bits per heavy atom. The van der Waals surface area contributed by atoms with E-state index in [2.05, 4.69) is 12.2 Å².